The highest BCUT2D eigenvalue weighted by Crippen LogP contribution is 2.28. The lowest BCUT2D eigenvalue weighted by molar-refractivity contribution is 0.568. The van der Waals surface area contributed by atoms with Crippen molar-refractivity contribution in [2.45, 2.75) is 17.9 Å². The van der Waals surface area contributed by atoms with Gasteiger partial charge < -0.3 is 5.73 Å². The van der Waals surface area contributed by atoms with E-state index in [0.717, 1.165) is 4.88 Å². The number of hydrogen-bond donors (Lipinski definition) is 2. The first kappa shape index (κ1) is 15.6. The number of rotatable bonds is 4. The van der Waals surface area contributed by atoms with E-state index in [1.807, 2.05) is 0 Å². The molecule has 4 nitrogen and oxygen atoms in total. The first-order valence-corrected chi connectivity index (χ1v) is 8.68. The van der Waals surface area contributed by atoms with Crippen molar-refractivity contribution in [2.75, 3.05) is 5.73 Å². The second kappa shape index (κ2) is 5.91. The van der Waals surface area contributed by atoms with Gasteiger partial charge >= 0.3 is 0 Å². The Hall–Kier alpha value is -0.790. The smallest absolute Gasteiger partial charge is 0.241 e. The normalized spacial score (nSPS) is 13.3. The quantitative estimate of drug-likeness (QED) is 0.826. The van der Waals surface area contributed by atoms with E-state index in [1.165, 1.54) is 29.5 Å². The van der Waals surface area contributed by atoms with Gasteiger partial charge in [-0.15, -0.1) is 11.3 Å². The zero-order chi connectivity index (χ0) is 14.9. The van der Waals surface area contributed by atoms with Gasteiger partial charge in [-0.2, -0.15) is 0 Å². The van der Waals surface area contributed by atoms with Gasteiger partial charge in [-0.3, -0.25) is 0 Å². The highest BCUT2D eigenvalue weighted by atomic mass is 35.5. The molecule has 0 amide bonds. The average molecular weight is 351 g/mol. The summed E-state index contributed by atoms with van der Waals surface area (Å²) in [6.07, 6.45) is 0. The number of sulfonamides is 1. The topological polar surface area (TPSA) is 72.2 Å². The third-order valence-corrected chi connectivity index (χ3v) is 5.93. The number of thiophene rings is 1. The van der Waals surface area contributed by atoms with Gasteiger partial charge in [0.25, 0.3) is 0 Å². The van der Waals surface area contributed by atoms with E-state index in [2.05, 4.69) is 4.72 Å². The Morgan fingerprint density at radius 2 is 1.95 bits per heavy atom. The predicted molar refractivity (Wildman–Crippen MR) is 83.9 cm³/mol. The van der Waals surface area contributed by atoms with Gasteiger partial charge in [-0.05, 0) is 37.3 Å². The number of hydrogen-bond acceptors (Lipinski definition) is 4. The first-order valence-electron chi connectivity index (χ1n) is 5.62. The van der Waals surface area contributed by atoms with Crippen molar-refractivity contribution in [3.05, 3.63) is 44.6 Å². The monoisotopic (exact) mass is 350 g/mol. The summed E-state index contributed by atoms with van der Waals surface area (Å²) in [7, 11) is -3.66. The van der Waals surface area contributed by atoms with Crippen LogP contribution in [0.3, 0.4) is 0 Å². The molecule has 1 heterocycles. The Labute approximate surface area is 131 Å². The van der Waals surface area contributed by atoms with Crippen LogP contribution in [0.2, 0.25) is 9.36 Å². The summed E-state index contributed by atoms with van der Waals surface area (Å²) in [6, 6.07) is 7.34. The van der Waals surface area contributed by atoms with E-state index in [4.69, 9.17) is 28.9 Å². The van der Waals surface area contributed by atoms with Crippen molar-refractivity contribution in [2.24, 2.45) is 0 Å². The fourth-order valence-corrected chi connectivity index (χ4v) is 4.12. The molecule has 0 aliphatic heterocycles. The van der Waals surface area contributed by atoms with Crippen molar-refractivity contribution < 1.29 is 8.42 Å². The van der Waals surface area contributed by atoms with Crippen molar-refractivity contribution >= 4 is 50.2 Å². The molecule has 2 aromatic rings. The molecule has 0 spiro atoms. The third kappa shape index (κ3) is 3.45. The zero-order valence-electron chi connectivity index (χ0n) is 10.4. The minimum atomic E-state index is -3.66. The second-order valence-electron chi connectivity index (χ2n) is 4.17. The van der Waals surface area contributed by atoms with Crippen molar-refractivity contribution in [1.29, 1.82) is 0 Å². The summed E-state index contributed by atoms with van der Waals surface area (Å²) in [4.78, 5) is 0.911. The number of anilines is 1. The predicted octanol–water partition coefficient (Wildman–Crippen LogP) is 3.68. The van der Waals surface area contributed by atoms with Crippen molar-refractivity contribution in [3.8, 4) is 0 Å². The maximum atomic E-state index is 12.2. The van der Waals surface area contributed by atoms with Gasteiger partial charge in [0.05, 0.1) is 26.0 Å². The molecule has 0 saturated carbocycles. The Bertz CT molecular complexity index is 729. The molecule has 1 atom stereocenters. The molecule has 1 aromatic heterocycles. The van der Waals surface area contributed by atoms with Crippen LogP contribution in [0.4, 0.5) is 5.69 Å². The summed E-state index contributed by atoms with van der Waals surface area (Å²) in [5.41, 5.74) is 5.85. The average Bonchev–Trinajstić information content (AvgIpc) is 2.79. The van der Waals surface area contributed by atoms with Crippen LogP contribution in [0, 0.1) is 0 Å². The molecule has 3 N–H and O–H groups in total. The molecule has 0 aliphatic rings. The summed E-state index contributed by atoms with van der Waals surface area (Å²) in [5, 5.41) is 0.321. The molecular formula is C12H12Cl2N2O2S2. The number of benzene rings is 1. The number of halogens is 2. The van der Waals surface area contributed by atoms with E-state index < -0.39 is 10.0 Å². The molecule has 0 saturated heterocycles. The molecule has 2 rings (SSSR count). The van der Waals surface area contributed by atoms with Crippen LogP contribution in [0.25, 0.3) is 0 Å². The zero-order valence-corrected chi connectivity index (χ0v) is 13.6. The highest BCUT2D eigenvalue weighted by molar-refractivity contribution is 7.89. The number of nitrogens with two attached hydrogens (primary N) is 1. The van der Waals surface area contributed by atoms with Gasteiger partial charge in [-0.1, -0.05) is 23.2 Å². The van der Waals surface area contributed by atoms with Crippen LogP contribution in [-0.4, -0.2) is 8.42 Å². The van der Waals surface area contributed by atoms with Crippen LogP contribution in [0.5, 0.6) is 0 Å². The fraction of sp³-hybridized carbons (Fsp3) is 0.167. The van der Waals surface area contributed by atoms with Crippen LogP contribution >= 0.6 is 34.5 Å². The number of nitrogen functional groups attached to an aromatic ring is 1. The molecular weight excluding hydrogens is 339 g/mol. The Morgan fingerprint density at radius 1 is 1.25 bits per heavy atom. The van der Waals surface area contributed by atoms with E-state index in [1.54, 1.807) is 19.1 Å². The Morgan fingerprint density at radius 3 is 2.50 bits per heavy atom. The fourth-order valence-electron chi connectivity index (χ4n) is 1.61. The Kier molecular flexibility index (Phi) is 4.61. The summed E-state index contributed by atoms with van der Waals surface area (Å²) in [6.45, 7) is 1.75. The third-order valence-electron chi connectivity index (χ3n) is 2.63. The van der Waals surface area contributed by atoms with Gasteiger partial charge in [0.1, 0.15) is 0 Å². The highest BCUT2D eigenvalue weighted by Gasteiger charge is 2.20. The van der Waals surface area contributed by atoms with Crippen LogP contribution in [0.1, 0.15) is 17.8 Å². The lowest BCUT2D eigenvalue weighted by Gasteiger charge is -2.13. The molecule has 1 aromatic carbocycles. The van der Waals surface area contributed by atoms with E-state index in [9.17, 15) is 8.42 Å². The lowest BCUT2D eigenvalue weighted by Crippen LogP contribution is -2.26. The standard InChI is InChI=1S/C12H12Cl2N2O2S2/c1-7(11-4-5-12(14)19-11)16-20(17,18)8-2-3-9(13)10(15)6-8/h2-7,16H,15H2,1H3. The molecule has 20 heavy (non-hydrogen) atoms. The number of nitrogens with one attached hydrogen (secondary N) is 1. The van der Waals surface area contributed by atoms with Crippen LogP contribution in [0.15, 0.2) is 35.2 Å². The molecule has 0 fully saturated rings. The summed E-state index contributed by atoms with van der Waals surface area (Å²) in [5.74, 6) is 0. The molecule has 0 aliphatic carbocycles. The first-order chi connectivity index (χ1) is 9.29. The minimum Gasteiger partial charge on any atom is -0.397 e. The lowest BCUT2D eigenvalue weighted by atomic mass is 10.3. The summed E-state index contributed by atoms with van der Waals surface area (Å²) >= 11 is 13.0. The summed E-state index contributed by atoms with van der Waals surface area (Å²) < 4.78 is 27.7. The molecule has 1 unspecified atom stereocenters. The van der Waals surface area contributed by atoms with E-state index >= 15 is 0 Å². The maximum absolute atomic E-state index is 12.2. The van der Waals surface area contributed by atoms with E-state index in [0.29, 0.717) is 9.36 Å². The van der Waals surface area contributed by atoms with Crippen LogP contribution < -0.4 is 10.5 Å². The Balaban J connectivity index is 2.24. The van der Waals surface area contributed by atoms with Crippen LogP contribution in [-0.2, 0) is 10.0 Å². The second-order valence-corrected chi connectivity index (χ2v) is 8.04. The molecule has 8 heteroatoms. The molecule has 0 bridgehead atoms. The van der Waals surface area contributed by atoms with Gasteiger partial charge in [0.2, 0.25) is 10.0 Å². The van der Waals surface area contributed by atoms with E-state index in [-0.39, 0.29) is 16.6 Å². The van der Waals surface area contributed by atoms with Crippen molar-refractivity contribution in [1.82, 2.24) is 4.72 Å². The van der Waals surface area contributed by atoms with Gasteiger partial charge in [0, 0.05) is 4.88 Å². The largest absolute Gasteiger partial charge is 0.397 e. The molecule has 0 radical (unpaired) electrons. The molecule has 108 valence electrons. The SMILES string of the molecule is CC(NS(=O)(=O)c1ccc(Cl)c(N)c1)c1ccc(Cl)s1. The maximum Gasteiger partial charge on any atom is 0.241 e. The van der Waals surface area contributed by atoms with Gasteiger partial charge in [0.15, 0.2) is 0 Å². The van der Waals surface area contributed by atoms with Gasteiger partial charge in [-0.25, -0.2) is 13.1 Å². The minimum absolute atomic E-state index is 0.0777. The van der Waals surface area contributed by atoms with Crippen molar-refractivity contribution in [3.63, 3.8) is 0 Å².